The lowest BCUT2D eigenvalue weighted by molar-refractivity contribution is 0.263. The van der Waals surface area contributed by atoms with Crippen molar-refractivity contribution in [3.8, 4) is 0 Å². The lowest BCUT2D eigenvalue weighted by Gasteiger charge is -2.43. The van der Waals surface area contributed by atoms with E-state index >= 15 is 0 Å². The Morgan fingerprint density at radius 1 is 0.520 bits per heavy atom. The molecule has 0 aliphatic carbocycles. The summed E-state index contributed by atoms with van der Waals surface area (Å²) in [4.78, 5) is 11.1. The first-order chi connectivity index (χ1) is 10.7. The van der Waals surface area contributed by atoms with Gasteiger partial charge in [-0.25, -0.2) is 0 Å². The largest absolute Gasteiger partial charge is 0.437 e. The van der Waals surface area contributed by atoms with Crippen LogP contribution in [0.2, 0.25) is 70.0 Å². The van der Waals surface area contributed by atoms with Gasteiger partial charge in [0.2, 0.25) is 0 Å². The zero-order valence-electron chi connectivity index (χ0n) is 18.7. The molecule has 0 amide bonds. The van der Waals surface area contributed by atoms with E-state index < -0.39 is 42.6 Å². The van der Waals surface area contributed by atoms with Crippen LogP contribution in [-0.2, 0) is 16.5 Å². The fraction of sp³-hybridized carbons (Fsp3) is 1.00. The van der Waals surface area contributed by atoms with Gasteiger partial charge in [0.1, 0.15) is 0 Å². The first kappa shape index (κ1) is 25.9. The van der Waals surface area contributed by atoms with Crippen LogP contribution in [-0.4, -0.2) is 47.4 Å². The van der Waals surface area contributed by atoms with Gasteiger partial charge in [-0.1, -0.05) is 27.7 Å². The van der Waals surface area contributed by atoms with Crippen LogP contribution in [0.15, 0.2) is 0 Å². The van der Waals surface area contributed by atoms with Crippen molar-refractivity contribution >= 4 is 42.6 Å². The molecule has 10 heteroatoms. The predicted octanol–water partition coefficient (Wildman–Crippen LogP) is 5.25. The minimum absolute atomic E-state index is 0.120. The fourth-order valence-corrected chi connectivity index (χ4v) is 26.6. The monoisotopic (exact) mass is 442 g/mol. The molecule has 0 fully saturated rings. The van der Waals surface area contributed by atoms with Gasteiger partial charge in [0, 0.05) is 0 Å². The topological polar surface area (TPSA) is 57.2 Å². The van der Waals surface area contributed by atoms with E-state index in [1.54, 1.807) is 0 Å². The highest BCUT2D eigenvalue weighted by atomic mass is 28.5. The van der Waals surface area contributed by atoms with Gasteiger partial charge in [-0.2, -0.15) is 0 Å². The zero-order valence-corrected chi connectivity index (χ0v) is 23.7. The molecule has 0 aromatic heterocycles. The van der Waals surface area contributed by atoms with Crippen LogP contribution in [0.3, 0.4) is 0 Å². The van der Waals surface area contributed by atoms with E-state index in [1.807, 2.05) is 40.8 Å². The van der Waals surface area contributed by atoms with Crippen LogP contribution in [0.25, 0.3) is 0 Å². The Labute approximate surface area is 161 Å². The SMILES string of the molecule is CC(C)[Si](O)(O[Si](C)(C)O[Si](C)(C)O[Si](C)(C)O[Si](C)(C)C)C(C)C. The quantitative estimate of drug-likeness (QED) is 0.468. The third kappa shape index (κ3) is 9.58. The van der Waals surface area contributed by atoms with E-state index in [9.17, 15) is 4.80 Å². The molecule has 0 saturated carbocycles. The third-order valence-corrected chi connectivity index (χ3v) is 22.5. The second kappa shape index (κ2) is 8.49. The first-order valence-corrected chi connectivity index (χ1v) is 23.1. The second-order valence-electron chi connectivity index (χ2n) is 9.78. The smallest absolute Gasteiger partial charge is 0.331 e. The highest BCUT2D eigenvalue weighted by Crippen LogP contribution is 2.35. The van der Waals surface area contributed by atoms with E-state index in [1.165, 1.54) is 0 Å². The lowest BCUT2D eigenvalue weighted by Crippen LogP contribution is -2.60. The van der Waals surface area contributed by atoms with Crippen LogP contribution in [0, 0.1) is 0 Å². The van der Waals surface area contributed by atoms with Gasteiger partial charge in [-0.3, -0.25) is 0 Å². The molecule has 0 aliphatic rings. The molecule has 0 bridgehead atoms. The zero-order chi connectivity index (χ0) is 20.5. The minimum atomic E-state index is -2.85. The van der Waals surface area contributed by atoms with Gasteiger partial charge >= 0.3 is 34.2 Å². The Kier molecular flexibility index (Phi) is 8.79. The van der Waals surface area contributed by atoms with Crippen molar-refractivity contribution in [2.45, 2.75) is 97.7 Å². The van der Waals surface area contributed by atoms with Crippen molar-refractivity contribution in [3.63, 3.8) is 0 Å². The molecular weight excluding hydrogens is 401 g/mol. The van der Waals surface area contributed by atoms with Crippen LogP contribution < -0.4 is 0 Å². The molecule has 1 N–H and O–H groups in total. The molecule has 0 aromatic carbocycles. The molecule has 5 nitrogen and oxygen atoms in total. The average molecular weight is 443 g/mol. The van der Waals surface area contributed by atoms with Gasteiger partial charge in [0.25, 0.3) is 0 Å². The third-order valence-electron chi connectivity index (χ3n) is 3.60. The van der Waals surface area contributed by atoms with Crippen LogP contribution in [0.5, 0.6) is 0 Å². The van der Waals surface area contributed by atoms with Crippen molar-refractivity contribution in [2.75, 3.05) is 0 Å². The average Bonchev–Trinajstić information content (AvgIpc) is 2.19. The molecule has 0 radical (unpaired) electrons. The van der Waals surface area contributed by atoms with E-state index in [0.717, 1.165) is 0 Å². The Hall–Kier alpha value is 0.884. The molecule has 0 spiro atoms. The predicted molar refractivity (Wildman–Crippen MR) is 118 cm³/mol. The summed E-state index contributed by atoms with van der Waals surface area (Å²) in [7, 11) is -11.7. The van der Waals surface area contributed by atoms with E-state index in [-0.39, 0.29) is 11.1 Å². The minimum Gasteiger partial charge on any atom is -0.437 e. The molecule has 0 atom stereocenters. The summed E-state index contributed by atoms with van der Waals surface area (Å²) < 4.78 is 25.5. The number of hydrogen-bond acceptors (Lipinski definition) is 5. The van der Waals surface area contributed by atoms with E-state index in [2.05, 4.69) is 45.8 Å². The van der Waals surface area contributed by atoms with Crippen LogP contribution in [0.4, 0.5) is 0 Å². The summed E-state index contributed by atoms with van der Waals surface area (Å²) >= 11 is 0. The Balaban J connectivity index is 5.19. The second-order valence-corrected chi connectivity index (χ2v) is 29.5. The maximum absolute atomic E-state index is 11.1. The summed E-state index contributed by atoms with van der Waals surface area (Å²) in [5, 5.41) is 0. The summed E-state index contributed by atoms with van der Waals surface area (Å²) in [5.41, 5.74) is 0.240. The Morgan fingerprint density at radius 2 is 0.800 bits per heavy atom. The summed E-state index contributed by atoms with van der Waals surface area (Å²) in [5.74, 6) is 0. The molecule has 0 saturated heterocycles. The van der Waals surface area contributed by atoms with E-state index in [0.29, 0.717) is 0 Å². The molecule has 0 heterocycles. The van der Waals surface area contributed by atoms with Crippen molar-refractivity contribution in [1.29, 1.82) is 0 Å². The number of rotatable bonds is 10. The summed E-state index contributed by atoms with van der Waals surface area (Å²) in [6.45, 7) is 27.0. The van der Waals surface area contributed by atoms with Crippen LogP contribution >= 0.6 is 0 Å². The van der Waals surface area contributed by atoms with Gasteiger partial charge in [0.05, 0.1) is 0 Å². The Bertz CT molecular complexity index is 425. The summed E-state index contributed by atoms with van der Waals surface area (Å²) in [6.07, 6.45) is 0. The normalized spacial score (nSPS) is 15.4. The molecule has 0 aromatic rings. The maximum Gasteiger partial charge on any atom is 0.331 e. The standard InChI is InChI=1S/C15H42O5Si5/c1-14(2)25(16,15(3)4)20-24(12,13)19-23(10,11)18-22(8,9)17-21(5,6)7/h14-16H,1-13H3. The van der Waals surface area contributed by atoms with Crippen molar-refractivity contribution < 1.29 is 21.3 Å². The molecule has 0 rings (SSSR count). The van der Waals surface area contributed by atoms with Gasteiger partial charge in [0.15, 0.2) is 8.32 Å². The molecule has 152 valence electrons. The molecule has 0 unspecified atom stereocenters. The maximum atomic E-state index is 11.1. The molecular formula is C15H42O5Si5. The molecule has 0 aliphatic heterocycles. The fourth-order valence-electron chi connectivity index (χ4n) is 3.28. The van der Waals surface area contributed by atoms with Gasteiger partial charge < -0.3 is 21.3 Å². The van der Waals surface area contributed by atoms with Crippen molar-refractivity contribution in [2.24, 2.45) is 0 Å². The number of hydrogen-bond donors (Lipinski definition) is 1. The van der Waals surface area contributed by atoms with E-state index in [4.69, 9.17) is 16.5 Å². The van der Waals surface area contributed by atoms with Gasteiger partial charge in [-0.15, -0.1) is 0 Å². The highest BCUT2D eigenvalue weighted by molar-refractivity contribution is 6.90. The van der Waals surface area contributed by atoms with Crippen LogP contribution in [0.1, 0.15) is 27.7 Å². The summed E-state index contributed by atoms with van der Waals surface area (Å²) in [6, 6.07) is 0. The van der Waals surface area contributed by atoms with Crippen molar-refractivity contribution in [1.82, 2.24) is 0 Å². The van der Waals surface area contributed by atoms with Crippen molar-refractivity contribution in [3.05, 3.63) is 0 Å². The molecule has 25 heavy (non-hydrogen) atoms. The lowest BCUT2D eigenvalue weighted by atomic mass is 10.5. The highest BCUT2D eigenvalue weighted by Gasteiger charge is 2.50. The van der Waals surface area contributed by atoms with Gasteiger partial charge in [-0.05, 0) is 70.0 Å². The Morgan fingerprint density at radius 3 is 1.08 bits per heavy atom. The first-order valence-electron chi connectivity index (χ1n) is 9.24.